The Balaban J connectivity index is 1.94. The molecule has 1 saturated heterocycles. The molecule has 0 saturated carbocycles. The lowest BCUT2D eigenvalue weighted by Crippen LogP contribution is -2.55. The Morgan fingerprint density at radius 3 is 2.55 bits per heavy atom. The maximum Gasteiger partial charge on any atom is 0.251 e. The standard InChI is InChI=1S/C15H16ClF2N3S/c16-10-3-9(6-20-7-10)15(14(19)22)4-11-1-2-12(5-15)21(11)8-13(17)18/h1-3,6-7,11-13H,4-5,8H2,(H2,19,22)/t11-,12+,15+. The summed E-state index contributed by atoms with van der Waals surface area (Å²) in [6, 6.07) is 1.64. The van der Waals surface area contributed by atoms with Gasteiger partial charge in [-0.1, -0.05) is 36.0 Å². The predicted molar refractivity (Wildman–Crippen MR) is 86.4 cm³/mol. The van der Waals surface area contributed by atoms with Crippen molar-refractivity contribution in [2.75, 3.05) is 6.54 Å². The van der Waals surface area contributed by atoms with Crippen molar-refractivity contribution in [3.63, 3.8) is 0 Å². The molecule has 1 aromatic rings. The molecule has 3 rings (SSSR count). The summed E-state index contributed by atoms with van der Waals surface area (Å²) in [6.45, 7) is -0.233. The molecule has 118 valence electrons. The number of fused-ring (bicyclic) bond motifs is 2. The second kappa shape index (κ2) is 5.83. The summed E-state index contributed by atoms with van der Waals surface area (Å²) in [5.41, 5.74) is 6.36. The number of rotatable bonds is 4. The van der Waals surface area contributed by atoms with Gasteiger partial charge in [-0.05, 0) is 24.5 Å². The number of alkyl halides is 2. The van der Waals surface area contributed by atoms with Crippen molar-refractivity contribution in [1.82, 2.24) is 9.88 Å². The van der Waals surface area contributed by atoms with Gasteiger partial charge < -0.3 is 5.73 Å². The summed E-state index contributed by atoms with van der Waals surface area (Å²) in [6.07, 6.45) is 6.02. The van der Waals surface area contributed by atoms with Gasteiger partial charge in [0.25, 0.3) is 6.43 Å². The molecule has 3 atom stereocenters. The van der Waals surface area contributed by atoms with Gasteiger partial charge in [0, 0.05) is 24.5 Å². The molecule has 0 aliphatic carbocycles. The highest BCUT2D eigenvalue weighted by Gasteiger charge is 2.49. The maximum absolute atomic E-state index is 12.8. The van der Waals surface area contributed by atoms with E-state index >= 15 is 0 Å². The molecule has 1 aromatic heterocycles. The van der Waals surface area contributed by atoms with E-state index in [1.807, 2.05) is 23.1 Å². The molecule has 2 N–H and O–H groups in total. The molecule has 22 heavy (non-hydrogen) atoms. The average Bonchev–Trinajstić information content (AvgIpc) is 2.70. The Hall–Kier alpha value is -1.11. The number of nitrogens with zero attached hydrogens (tertiary/aromatic N) is 2. The van der Waals surface area contributed by atoms with Crippen molar-refractivity contribution >= 4 is 28.8 Å². The molecule has 7 heteroatoms. The average molecular weight is 344 g/mol. The fraction of sp³-hybridized carbons (Fsp3) is 0.467. The third kappa shape index (κ3) is 2.64. The number of hydrogen-bond donors (Lipinski definition) is 1. The van der Waals surface area contributed by atoms with Crippen LogP contribution in [0.15, 0.2) is 30.6 Å². The summed E-state index contributed by atoms with van der Waals surface area (Å²) in [5, 5.41) is 0.517. The van der Waals surface area contributed by atoms with Crippen molar-refractivity contribution in [2.45, 2.75) is 36.8 Å². The normalized spacial score (nSPS) is 30.9. The predicted octanol–water partition coefficient (Wildman–Crippen LogP) is 2.93. The first kappa shape index (κ1) is 15.8. The molecule has 1 fully saturated rings. The van der Waals surface area contributed by atoms with Gasteiger partial charge in [0.2, 0.25) is 0 Å². The Morgan fingerprint density at radius 2 is 2.05 bits per heavy atom. The first-order chi connectivity index (χ1) is 10.4. The van der Waals surface area contributed by atoms with Crippen LogP contribution in [0.25, 0.3) is 0 Å². The van der Waals surface area contributed by atoms with Crippen LogP contribution in [0.3, 0.4) is 0 Å². The molecule has 2 aliphatic heterocycles. The summed E-state index contributed by atoms with van der Waals surface area (Å²) in [7, 11) is 0. The van der Waals surface area contributed by atoms with Crippen LogP contribution >= 0.6 is 23.8 Å². The van der Waals surface area contributed by atoms with E-state index in [1.165, 1.54) is 0 Å². The molecule has 0 radical (unpaired) electrons. The van der Waals surface area contributed by atoms with E-state index < -0.39 is 11.8 Å². The zero-order chi connectivity index (χ0) is 15.9. The van der Waals surface area contributed by atoms with Crippen LogP contribution in [-0.4, -0.2) is 39.9 Å². The monoisotopic (exact) mass is 343 g/mol. The van der Waals surface area contributed by atoms with Crippen molar-refractivity contribution in [3.8, 4) is 0 Å². The fourth-order valence-corrected chi connectivity index (χ4v) is 4.03. The van der Waals surface area contributed by atoms with Crippen LogP contribution in [0.5, 0.6) is 0 Å². The second-order valence-electron chi connectivity index (χ2n) is 5.85. The number of nitrogens with two attached hydrogens (primary N) is 1. The summed E-state index contributed by atoms with van der Waals surface area (Å²) >= 11 is 11.4. The molecule has 0 aromatic carbocycles. The number of piperidine rings is 1. The number of halogens is 3. The third-order valence-electron chi connectivity index (χ3n) is 4.60. The van der Waals surface area contributed by atoms with E-state index in [2.05, 4.69) is 4.98 Å². The minimum Gasteiger partial charge on any atom is -0.393 e. The highest BCUT2D eigenvalue weighted by molar-refractivity contribution is 7.80. The largest absolute Gasteiger partial charge is 0.393 e. The van der Waals surface area contributed by atoms with Gasteiger partial charge in [0.15, 0.2) is 0 Å². The van der Waals surface area contributed by atoms with Gasteiger partial charge in [0.1, 0.15) is 0 Å². The van der Waals surface area contributed by atoms with Crippen molar-refractivity contribution < 1.29 is 8.78 Å². The zero-order valence-electron chi connectivity index (χ0n) is 11.8. The molecule has 0 unspecified atom stereocenters. The molecular formula is C15H16ClF2N3S. The highest BCUT2D eigenvalue weighted by Crippen LogP contribution is 2.45. The fourth-order valence-electron chi connectivity index (χ4n) is 3.57. The smallest absolute Gasteiger partial charge is 0.251 e. The zero-order valence-corrected chi connectivity index (χ0v) is 13.3. The third-order valence-corrected chi connectivity index (χ3v) is 5.20. The molecule has 3 nitrogen and oxygen atoms in total. The Bertz CT molecular complexity index is 607. The molecular weight excluding hydrogens is 328 g/mol. The van der Waals surface area contributed by atoms with Crippen molar-refractivity contribution in [1.29, 1.82) is 0 Å². The Labute approximate surface area is 138 Å². The van der Waals surface area contributed by atoms with Crippen molar-refractivity contribution in [2.24, 2.45) is 5.73 Å². The van der Waals surface area contributed by atoms with E-state index in [0.29, 0.717) is 22.9 Å². The minimum absolute atomic E-state index is 0.0896. The molecule has 0 amide bonds. The van der Waals surface area contributed by atoms with Crippen LogP contribution in [0.4, 0.5) is 8.78 Å². The Morgan fingerprint density at radius 1 is 1.41 bits per heavy atom. The van der Waals surface area contributed by atoms with E-state index in [1.54, 1.807) is 12.4 Å². The van der Waals surface area contributed by atoms with E-state index in [4.69, 9.17) is 29.6 Å². The lowest BCUT2D eigenvalue weighted by Gasteiger charge is -2.46. The number of thiocarbonyl (C=S) groups is 1. The van der Waals surface area contributed by atoms with Gasteiger partial charge in [0.05, 0.1) is 22.0 Å². The number of hydrogen-bond acceptors (Lipinski definition) is 3. The quantitative estimate of drug-likeness (QED) is 0.674. The van der Waals surface area contributed by atoms with Crippen molar-refractivity contribution in [3.05, 3.63) is 41.2 Å². The van der Waals surface area contributed by atoms with Crippen LogP contribution in [0.2, 0.25) is 5.02 Å². The molecule has 2 bridgehead atoms. The van der Waals surface area contributed by atoms with Crippen LogP contribution < -0.4 is 5.73 Å². The van der Waals surface area contributed by atoms with Crippen LogP contribution in [0.1, 0.15) is 18.4 Å². The first-order valence-electron chi connectivity index (χ1n) is 7.05. The number of pyridine rings is 1. The lowest BCUT2D eigenvalue weighted by molar-refractivity contribution is 0.0399. The molecule has 3 heterocycles. The first-order valence-corrected chi connectivity index (χ1v) is 7.84. The summed E-state index contributed by atoms with van der Waals surface area (Å²) in [4.78, 5) is 6.31. The van der Waals surface area contributed by atoms with Gasteiger partial charge in [-0.2, -0.15) is 0 Å². The highest BCUT2D eigenvalue weighted by atomic mass is 35.5. The van der Waals surface area contributed by atoms with Crippen LogP contribution in [-0.2, 0) is 5.41 Å². The lowest BCUT2D eigenvalue weighted by atomic mass is 9.70. The van der Waals surface area contributed by atoms with Crippen LogP contribution in [0, 0.1) is 0 Å². The van der Waals surface area contributed by atoms with Gasteiger partial charge in [-0.15, -0.1) is 0 Å². The van der Waals surface area contributed by atoms with Gasteiger partial charge >= 0.3 is 0 Å². The molecule has 0 spiro atoms. The Kier molecular flexibility index (Phi) is 4.18. The summed E-state index contributed by atoms with van der Waals surface area (Å²) in [5.74, 6) is 0. The second-order valence-corrected chi connectivity index (χ2v) is 6.73. The maximum atomic E-state index is 12.8. The van der Waals surface area contributed by atoms with Gasteiger partial charge in [-0.3, -0.25) is 9.88 Å². The molecule has 2 aliphatic rings. The SMILES string of the molecule is NC(=S)[C@@]1(c2cncc(Cl)c2)C[C@H]2C=C[C@@H](C1)N2CC(F)F. The number of aromatic nitrogens is 1. The topological polar surface area (TPSA) is 42.1 Å². The van der Waals surface area contributed by atoms with E-state index in [0.717, 1.165) is 5.56 Å². The van der Waals surface area contributed by atoms with E-state index in [-0.39, 0.29) is 18.6 Å². The minimum atomic E-state index is -2.35. The summed E-state index contributed by atoms with van der Waals surface area (Å²) < 4.78 is 25.5. The van der Waals surface area contributed by atoms with Gasteiger partial charge in [-0.25, -0.2) is 8.78 Å². The van der Waals surface area contributed by atoms with E-state index in [9.17, 15) is 8.78 Å².